The molecule has 86 valence electrons. The molecule has 0 aliphatic carbocycles. The zero-order valence-corrected chi connectivity index (χ0v) is 9.85. The van der Waals surface area contributed by atoms with Crippen LogP contribution in [0.4, 0.5) is 5.69 Å². The summed E-state index contributed by atoms with van der Waals surface area (Å²) >= 11 is 3.07. The maximum absolute atomic E-state index is 10.9. The van der Waals surface area contributed by atoms with Crippen molar-refractivity contribution in [2.24, 2.45) is 0 Å². The molecule has 16 heavy (non-hydrogen) atoms. The van der Waals surface area contributed by atoms with Crippen molar-refractivity contribution in [1.29, 1.82) is 0 Å². The lowest BCUT2D eigenvalue weighted by molar-refractivity contribution is -0.385. The topological polar surface area (TPSA) is 89.7 Å². The van der Waals surface area contributed by atoms with Crippen LogP contribution < -0.4 is 4.74 Å². The van der Waals surface area contributed by atoms with Crippen molar-refractivity contribution in [3.63, 3.8) is 0 Å². The third kappa shape index (κ3) is 2.30. The molecular formula is C9H8BrNO5. The number of halogens is 1. The third-order valence-electron chi connectivity index (χ3n) is 1.97. The van der Waals surface area contributed by atoms with Crippen LogP contribution in [0.3, 0.4) is 0 Å². The van der Waals surface area contributed by atoms with Gasteiger partial charge in [-0.25, -0.2) is 4.79 Å². The number of alkyl halides is 1. The molecule has 0 heterocycles. The number of hydrogen-bond acceptors (Lipinski definition) is 4. The predicted molar refractivity (Wildman–Crippen MR) is 59.2 cm³/mol. The number of methoxy groups -OCH3 is 1. The number of carboxylic acids is 1. The van der Waals surface area contributed by atoms with E-state index in [0.717, 1.165) is 6.07 Å². The summed E-state index contributed by atoms with van der Waals surface area (Å²) < 4.78 is 4.80. The highest BCUT2D eigenvalue weighted by molar-refractivity contribution is 9.08. The molecule has 0 atom stereocenters. The summed E-state index contributed by atoms with van der Waals surface area (Å²) in [6, 6.07) is 2.34. The summed E-state index contributed by atoms with van der Waals surface area (Å²) in [5.74, 6) is -1.21. The van der Waals surface area contributed by atoms with Crippen LogP contribution in [0.5, 0.6) is 5.75 Å². The van der Waals surface area contributed by atoms with Crippen LogP contribution in [-0.2, 0) is 5.33 Å². The van der Waals surface area contributed by atoms with Crippen molar-refractivity contribution in [2.45, 2.75) is 5.33 Å². The normalized spacial score (nSPS) is 9.88. The molecular weight excluding hydrogens is 282 g/mol. The molecule has 7 heteroatoms. The van der Waals surface area contributed by atoms with Crippen molar-refractivity contribution >= 4 is 27.6 Å². The Morgan fingerprint density at radius 1 is 1.62 bits per heavy atom. The van der Waals surface area contributed by atoms with E-state index in [1.54, 1.807) is 0 Å². The zero-order valence-electron chi connectivity index (χ0n) is 8.27. The maximum atomic E-state index is 10.9. The van der Waals surface area contributed by atoms with Gasteiger partial charge in [-0.3, -0.25) is 10.1 Å². The summed E-state index contributed by atoms with van der Waals surface area (Å²) in [7, 11) is 1.26. The molecule has 1 N–H and O–H groups in total. The van der Waals surface area contributed by atoms with Gasteiger partial charge >= 0.3 is 5.97 Å². The van der Waals surface area contributed by atoms with Gasteiger partial charge in [-0.1, -0.05) is 15.9 Å². The van der Waals surface area contributed by atoms with Gasteiger partial charge in [-0.15, -0.1) is 0 Å². The minimum absolute atomic E-state index is 0.0242. The van der Waals surface area contributed by atoms with Crippen LogP contribution in [0.25, 0.3) is 0 Å². The van der Waals surface area contributed by atoms with E-state index in [4.69, 9.17) is 9.84 Å². The maximum Gasteiger partial charge on any atom is 0.339 e. The number of rotatable bonds is 4. The van der Waals surface area contributed by atoms with Crippen LogP contribution in [0.1, 0.15) is 15.9 Å². The van der Waals surface area contributed by atoms with E-state index < -0.39 is 10.9 Å². The first-order chi connectivity index (χ1) is 7.51. The predicted octanol–water partition coefficient (Wildman–Crippen LogP) is 2.20. The Balaban J connectivity index is 3.46. The fourth-order valence-electron chi connectivity index (χ4n) is 1.23. The number of nitrogens with zero attached hydrogens (tertiary/aromatic N) is 1. The van der Waals surface area contributed by atoms with Crippen molar-refractivity contribution in [3.8, 4) is 5.75 Å². The minimum atomic E-state index is -1.19. The first kappa shape index (κ1) is 12.4. The molecule has 1 rings (SSSR count). The van der Waals surface area contributed by atoms with Crippen LogP contribution in [-0.4, -0.2) is 23.1 Å². The Bertz CT molecular complexity index is 404. The second-order valence-corrected chi connectivity index (χ2v) is 3.44. The van der Waals surface area contributed by atoms with E-state index in [1.165, 1.54) is 13.2 Å². The highest BCUT2D eigenvalue weighted by Gasteiger charge is 2.21. The second kappa shape index (κ2) is 4.93. The van der Waals surface area contributed by atoms with Crippen LogP contribution >= 0.6 is 15.9 Å². The Kier molecular flexibility index (Phi) is 3.83. The lowest BCUT2D eigenvalue weighted by atomic mass is 10.1. The first-order valence-electron chi connectivity index (χ1n) is 4.15. The fraction of sp³-hybridized carbons (Fsp3) is 0.222. The monoisotopic (exact) mass is 289 g/mol. The van der Waals surface area contributed by atoms with Crippen molar-refractivity contribution in [3.05, 3.63) is 33.4 Å². The molecule has 0 unspecified atom stereocenters. The molecule has 0 amide bonds. The molecule has 0 aliphatic heterocycles. The van der Waals surface area contributed by atoms with E-state index in [0.29, 0.717) is 5.56 Å². The van der Waals surface area contributed by atoms with E-state index in [9.17, 15) is 14.9 Å². The van der Waals surface area contributed by atoms with Gasteiger partial charge in [0.15, 0.2) is 0 Å². The van der Waals surface area contributed by atoms with E-state index in [2.05, 4.69) is 15.9 Å². The van der Waals surface area contributed by atoms with Gasteiger partial charge in [-0.05, 0) is 6.07 Å². The van der Waals surface area contributed by atoms with Gasteiger partial charge in [0.05, 0.1) is 18.1 Å². The van der Waals surface area contributed by atoms with Gasteiger partial charge in [0.25, 0.3) is 5.69 Å². The Morgan fingerprint density at radius 2 is 2.25 bits per heavy atom. The molecule has 0 saturated heterocycles. The molecule has 0 aromatic heterocycles. The molecule has 1 aromatic carbocycles. The number of benzene rings is 1. The number of ether oxygens (including phenoxy) is 1. The van der Waals surface area contributed by atoms with Crippen molar-refractivity contribution in [1.82, 2.24) is 0 Å². The fourth-order valence-corrected chi connectivity index (χ4v) is 1.68. The van der Waals surface area contributed by atoms with Crippen LogP contribution in [0.15, 0.2) is 12.1 Å². The number of carbonyl (C=O) groups is 1. The summed E-state index contributed by atoms with van der Waals surface area (Å²) in [4.78, 5) is 21.0. The molecule has 0 fully saturated rings. The number of carboxylic acid groups (broad SMARTS) is 1. The highest BCUT2D eigenvalue weighted by Crippen LogP contribution is 2.30. The second-order valence-electron chi connectivity index (χ2n) is 2.88. The summed E-state index contributed by atoms with van der Waals surface area (Å²) in [6.07, 6.45) is 0. The minimum Gasteiger partial charge on any atom is -0.496 e. The zero-order chi connectivity index (χ0) is 12.3. The number of aromatic carboxylic acids is 1. The molecule has 0 radical (unpaired) electrons. The number of nitro benzene ring substituents is 1. The van der Waals surface area contributed by atoms with E-state index in [-0.39, 0.29) is 22.3 Å². The molecule has 6 nitrogen and oxygen atoms in total. The summed E-state index contributed by atoms with van der Waals surface area (Å²) in [5, 5.41) is 19.8. The van der Waals surface area contributed by atoms with E-state index >= 15 is 0 Å². The lowest BCUT2D eigenvalue weighted by Gasteiger charge is -2.07. The largest absolute Gasteiger partial charge is 0.496 e. The van der Waals surface area contributed by atoms with Crippen LogP contribution in [0, 0.1) is 10.1 Å². The number of hydrogen-bond donors (Lipinski definition) is 1. The number of nitro groups is 1. The molecule has 0 saturated carbocycles. The van der Waals surface area contributed by atoms with Crippen molar-refractivity contribution < 1.29 is 19.6 Å². The van der Waals surface area contributed by atoms with Gasteiger partial charge in [0, 0.05) is 10.9 Å². The molecule has 0 spiro atoms. The average Bonchev–Trinajstić information content (AvgIpc) is 2.26. The van der Waals surface area contributed by atoms with Gasteiger partial charge in [0.2, 0.25) is 0 Å². The van der Waals surface area contributed by atoms with Crippen LogP contribution in [0.2, 0.25) is 0 Å². The molecule has 0 aliphatic rings. The summed E-state index contributed by atoms with van der Waals surface area (Å²) in [6.45, 7) is 0. The Hall–Kier alpha value is -1.63. The average molecular weight is 290 g/mol. The smallest absolute Gasteiger partial charge is 0.339 e. The van der Waals surface area contributed by atoms with E-state index in [1.807, 2.05) is 0 Å². The van der Waals surface area contributed by atoms with Gasteiger partial charge in [-0.2, -0.15) is 0 Å². The Labute approximate surface area is 99.1 Å². The first-order valence-corrected chi connectivity index (χ1v) is 5.28. The SMILES string of the molecule is COc1cc([N+](=O)[O-])c(CBr)cc1C(=O)O. The lowest BCUT2D eigenvalue weighted by Crippen LogP contribution is -2.04. The quantitative estimate of drug-likeness (QED) is 0.521. The van der Waals surface area contributed by atoms with Gasteiger partial charge in [0.1, 0.15) is 11.3 Å². The summed E-state index contributed by atoms with van der Waals surface area (Å²) in [5.41, 5.74) is 0.0319. The van der Waals surface area contributed by atoms with Crippen molar-refractivity contribution in [2.75, 3.05) is 7.11 Å². The molecule has 0 bridgehead atoms. The standard InChI is InChI=1S/C9H8BrNO5/c1-16-8-3-7(11(14)15)5(4-10)2-6(8)9(12)13/h2-3H,4H2,1H3,(H,12,13). The van der Waals surface area contributed by atoms with Gasteiger partial charge < -0.3 is 9.84 Å². The molecule has 1 aromatic rings. The highest BCUT2D eigenvalue weighted by atomic mass is 79.9. The third-order valence-corrected chi connectivity index (χ3v) is 2.58. The Morgan fingerprint density at radius 3 is 2.62 bits per heavy atom.